The van der Waals surface area contributed by atoms with Crippen LogP contribution in [0.3, 0.4) is 0 Å². The molecule has 1 aliphatic rings. The molecular formula is C15H25BN2O2. The highest BCUT2D eigenvalue weighted by atomic mass is 16.7. The molecule has 0 saturated carbocycles. The van der Waals surface area contributed by atoms with E-state index in [4.69, 9.17) is 23.0 Å². The van der Waals surface area contributed by atoms with Crippen molar-refractivity contribution >= 4 is 18.4 Å². The Morgan fingerprint density at radius 2 is 1.80 bits per heavy atom. The predicted octanol–water partition coefficient (Wildman–Crippen LogP) is 2.23. The van der Waals surface area contributed by atoms with Gasteiger partial charge < -0.3 is 14.2 Å². The van der Waals surface area contributed by atoms with Crippen molar-refractivity contribution in [3.05, 3.63) is 18.3 Å². The Morgan fingerprint density at radius 3 is 2.25 bits per heavy atom. The summed E-state index contributed by atoms with van der Waals surface area (Å²) >= 11 is 0. The molecule has 1 aliphatic heterocycles. The fraction of sp³-hybridized carbons (Fsp3) is 0.667. The molecule has 0 bridgehead atoms. The SMILES string of the molecule is [2H]C([2H])([2H])C([2H])([2H])N(c1ccc(B2OC(C)(C)C(C)(C)O2)cn1)C([2H])([2H])C([2H])([2H])[2H]. The summed E-state index contributed by atoms with van der Waals surface area (Å²) in [5.41, 5.74) is -0.818. The van der Waals surface area contributed by atoms with Gasteiger partial charge in [-0.25, -0.2) is 4.98 Å². The predicted molar refractivity (Wildman–Crippen MR) is 83.5 cm³/mol. The van der Waals surface area contributed by atoms with Crippen LogP contribution in [0.2, 0.25) is 0 Å². The van der Waals surface area contributed by atoms with Gasteiger partial charge in [0, 0.05) is 38.4 Å². The third-order valence-corrected chi connectivity index (χ3v) is 3.75. The quantitative estimate of drug-likeness (QED) is 0.795. The highest BCUT2D eigenvalue weighted by Gasteiger charge is 2.51. The molecule has 0 N–H and O–H groups in total. The molecule has 1 fully saturated rings. The zero-order chi connectivity index (χ0) is 23.6. The van der Waals surface area contributed by atoms with E-state index < -0.39 is 50.8 Å². The summed E-state index contributed by atoms with van der Waals surface area (Å²) in [5, 5.41) is 0. The smallest absolute Gasteiger partial charge is 0.399 e. The standard InChI is InChI=1S/C15H25BN2O2/c1-7-18(8-2)13-10-9-12(11-17-13)16-19-14(3,4)15(5,6)20-16/h9-11H,7-8H2,1-6H3/i1D3,2D3,7D2,8D2. The summed E-state index contributed by atoms with van der Waals surface area (Å²) in [6, 6.07) is 2.55. The summed E-state index contributed by atoms with van der Waals surface area (Å²) in [4.78, 5) is 4.01. The Bertz CT molecular complexity index is 735. The maximum absolute atomic E-state index is 7.98. The molecule has 20 heavy (non-hydrogen) atoms. The van der Waals surface area contributed by atoms with Crippen LogP contribution in [0.4, 0.5) is 5.82 Å². The number of aromatic nitrogens is 1. The fourth-order valence-electron chi connectivity index (χ4n) is 1.79. The highest BCUT2D eigenvalue weighted by molar-refractivity contribution is 6.62. The molecule has 0 spiro atoms. The number of hydrogen-bond acceptors (Lipinski definition) is 4. The van der Waals surface area contributed by atoms with Gasteiger partial charge in [-0.1, -0.05) is 6.07 Å². The zero-order valence-corrected chi connectivity index (χ0v) is 12.0. The number of pyridine rings is 1. The lowest BCUT2D eigenvalue weighted by atomic mass is 9.80. The van der Waals surface area contributed by atoms with Crippen LogP contribution in [0.5, 0.6) is 0 Å². The lowest BCUT2D eigenvalue weighted by molar-refractivity contribution is 0.00578. The van der Waals surface area contributed by atoms with Crippen molar-refractivity contribution in [3.8, 4) is 0 Å². The average molecular weight is 286 g/mol. The summed E-state index contributed by atoms with van der Waals surface area (Å²) in [5.74, 6) is -0.488. The number of anilines is 1. The summed E-state index contributed by atoms with van der Waals surface area (Å²) in [6.45, 7) is -6.00. The van der Waals surface area contributed by atoms with Crippen molar-refractivity contribution in [2.45, 2.75) is 52.6 Å². The van der Waals surface area contributed by atoms with Crippen molar-refractivity contribution in [2.75, 3.05) is 17.9 Å². The molecule has 0 unspecified atom stereocenters. The minimum atomic E-state index is -3.36. The van der Waals surface area contributed by atoms with E-state index in [0.29, 0.717) is 5.46 Å². The first-order valence-electron chi connectivity index (χ1n) is 11.3. The topological polar surface area (TPSA) is 34.6 Å². The molecule has 0 radical (unpaired) electrons. The van der Waals surface area contributed by atoms with Crippen LogP contribution >= 0.6 is 0 Å². The van der Waals surface area contributed by atoms with Crippen molar-refractivity contribution in [1.29, 1.82) is 0 Å². The highest BCUT2D eigenvalue weighted by Crippen LogP contribution is 2.36. The van der Waals surface area contributed by atoms with Crippen molar-refractivity contribution in [2.24, 2.45) is 0 Å². The minimum absolute atomic E-state index is 0.0496. The van der Waals surface area contributed by atoms with Crippen LogP contribution in [-0.4, -0.2) is 36.3 Å². The second-order valence-electron chi connectivity index (χ2n) is 5.60. The molecular weight excluding hydrogens is 251 g/mol. The zero-order valence-electron chi connectivity index (χ0n) is 22.0. The summed E-state index contributed by atoms with van der Waals surface area (Å²) in [7, 11) is -0.802. The van der Waals surface area contributed by atoms with E-state index in [9.17, 15) is 0 Å². The molecule has 0 aromatic carbocycles. The molecule has 2 rings (SSSR count). The van der Waals surface area contributed by atoms with Gasteiger partial charge in [-0.15, -0.1) is 0 Å². The van der Waals surface area contributed by atoms with E-state index in [1.807, 2.05) is 27.7 Å². The summed E-state index contributed by atoms with van der Waals surface area (Å²) in [6.07, 6.45) is 1.22. The molecule has 4 nitrogen and oxygen atoms in total. The Hall–Kier alpha value is -1.07. The molecule has 1 aromatic rings. The number of nitrogens with zero attached hydrogens (tertiary/aromatic N) is 2. The number of rotatable bonds is 4. The first-order chi connectivity index (χ1) is 13.2. The van der Waals surface area contributed by atoms with Gasteiger partial charge >= 0.3 is 7.12 Å². The molecule has 0 amide bonds. The van der Waals surface area contributed by atoms with Crippen molar-refractivity contribution < 1.29 is 23.0 Å². The molecule has 1 aromatic heterocycles. The van der Waals surface area contributed by atoms with Gasteiger partial charge in [0.15, 0.2) is 0 Å². The molecule has 0 aliphatic carbocycles. The van der Waals surface area contributed by atoms with Crippen LogP contribution in [0.15, 0.2) is 18.3 Å². The molecule has 110 valence electrons. The monoisotopic (exact) mass is 286 g/mol. The van der Waals surface area contributed by atoms with Crippen LogP contribution in [0.25, 0.3) is 0 Å². The molecule has 0 atom stereocenters. The number of hydrogen-bond donors (Lipinski definition) is 0. The average Bonchev–Trinajstić information content (AvgIpc) is 2.73. The van der Waals surface area contributed by atoms with Crippen LogP contribution in [0, 0.1) is 0 Å². The normalized spacial score (nSPS) is 30.3. The third-order valence-electron chi connectivity index (χ3n) is 3.75. The maximum Gasteiger partial charge on any atom is 0.496 e. The van der Waals surface area contributed by atoms with E-state index in [0.717, 1.165) is 6.07 Å². The van der Waals surface area contributed by atoms with Gasteiger partial charge in [-0.3, -0.25) is 0 Å². The lowest BCUT2D eigenvalue weighted by Crippen LogP contribution is -2.41. The van der Waals surface area contributed by atoms with Crippen molar-refractivity contribution in [3.63, 3.8) is 0 Å². The van der Waals surface area contributed by atoms with Gasteiger partial charge in [-0.05, 0) is 47.5 Å². The molecule has 1 saturated heterocycles. The van der Waals surface area contributed by atoms with E-state index >= 15 is 0 Å². The van der Waals surface area contributed by atoms with Gasteiger partial charge in [0.1, 0.15) is 5.82 Å². The lowest BCUT2D eigenvalue weighted by Gasteiger charge is -2.32. The van der Waals surface area contributed by atoms with Crippen LogP contribution in [0.1, 0.15) is 55.1 Å². The second kappa shape index (κ2) is 5.37. The molecule has 2 heterocycles. The van der Waals surface area contributed by atoms with Gasteiger partial charge in [0.25, 0.3) is 0 Å². The van der Waals surface area contributed by atoms with Crippen LogP contribution in [-0.2, 0) is 9.31 Å². The van der Waals surface area contributed by atoms with Gasteiger partial charge in [-0.2, -0.15) is 0 Å². The largest absolute Gasteiger partial charge is 0.496 e. The van der Waals surface area contributed by atoms with Gasteiger partial charge in [0.05, 0.1) is 11.2 Å². The minimum Gasteiger partial charge on any atom is -0.399 e. The third kappa shape index (κ3) is 2.70. The Morgan fingerprint density at radius 1 is 1.20 bits per heavy atom. The molecule has 5 heteroatoms. The fourth-order valence-corrected chi connectivity index (χ4v) is 1.79. The van der Waals surface area contributed by atoms with E-state index in [1.165, 1.54) is 12.3 Å². The maximum atomic E-state index is 7.98. The van der Waals surface area contributed by atoms with Gasteiger partial charge in [0.2, 0.25) is 0 Å². The first kappa shape index (κ1) is 6.80. The van der Waals surface area contributed by atoms with E-state index in [2.05, 4.69) is 4.98 Å². The Balaban J connectivity index is 2.50. The second-order valence-corrected chi connectivity index (χ2v) is 5.60. The van der Waals surface area contributed by atoms with E-state index in [1.54, 1.807) is 0 Å². The van der Waals surface area contributed by atoms with Crippen LogP contribution < -0.4 is 10.4 Å². The van der Waals surface area contributed by atoms with Crippen molar-refractivity contribution in [1.82, 2.24) is 4.98 Å². The Labute approximate surface area is 136 Å². The first-order valence-corrected chi connectivity index (χ1v) is 6.27. The summed E-state index contributed by atoms with van der Waals surface area (Å²) < 4.78 is 88.5. The Kier molecular flexibility index (Phi) is 1.83. The van der Waals surface area contributed by atoms with E-state index in [-0.39, 0.29) is 4.90 Å².